The summed E-state index contributed by atoms with van der Waals surface area (Å²) in [7, 11) is 0. The van der Waals surface area contributed by atoms with Crippen molar-refractivity contribution >= 4 is 29.1 Å². The van der Waals surface area contributed by atoms with E-state index in [1.807, 2.05) is 0 Å². The van der Waals surface area contributed by atoms with Crippen molar-refractivity contribution in [3.63, 3.8) is 0 Å². The smallest absolute Gasteiger partial charge is 0.313 e. The van der Waals surface area contributed by atoms with E-state index in [0.717, 1.165) is 6.42 Å². The number of hydrogen-bond acceptors (Lipinski definition) is 4. The summed E-state index contributed by atoms with van der Waals surface area (Å²) in [5.41, 5.74) is 0.960. The summed E-state index contributed by atoms with van der Waals surface area (Å²) in [6.07, 6.45) is 2.17. The molecule has 0 spiro atoms. The first kappa shape index (κ1) is 17.6. The molecular formula is C15H21N3O4. The van der Waals surface area contributed by atoms with Crippen LogP contribution < -0.4 is 16.0 Å². The highest BCUT2D eigenvalue weighted by Gasteiger charge is 2.13. The van der Waals surface area contributed by atoms with Crippen molar-refractivity contribution in [2.45, 2.75) is 26.2 Å². The van der Waals surface area contributed by atoms with Gasteiger partial charge in [0, 0.05) is 31.5 Å². The standard InChI is InChI=1S/C15H21N3O4/c1-11(20)17-12-6-5-7-13(10-12)18-15(22)14(21)16-8-3-2-4-9-19/h5-7,10,19H,2-4,8-9H2,1H3,(H,16,21)(H,17,20)(H,18,22). The first-order chi connectivity index (χ1) is 10.5. The van der Waals surface area contributed by atoms with Gasteiger partial charge in [0.05, 0.1) is 0 Å². The third kappa shape index (κ3) is 6.85. The summed E-state index contributed by atoms with van der Waals surface area (Å²) in [6, 6.07) is 6.53. The molecule has 0 atom stereocenters. The third-order valence-corrected chi connectivity index (χ3v) is 2.77. The Morgan fingerprint density at radius 2 is 1.68 bits per heavy atom. The van der Waals surface area contributed by atoms with Crippen molar-refractivity contribution in [1.29, 1.82) is 0 Å². The Bertz CT molecular complexity index is 531. The lowest BCUT2D eigenvalue weighted by Gasteiger charge is -2.08. The fraction of sp³-hybridized carbons (Fsp3) is 0.400. The van der Waals surface area contributed by atoms with E-state index in [1.54, 1.807) is 24.3 Å². The van der Waals surface area contributed by atoms with Crippen LogP contribution in [0.1, 0.15) is 26.2 Å². The van der Waals surface area contributed by atoms with E-state index in [1.165, 1.54) is 6.92 Å². The first-order valence-corrected chi connectivity index (χ1v) is 7.10. The highest BCUT2D eigenvalue weighted by molar-refractivity contribution is 6.39. The Labute approximate surface area is 129 Å². The average Bonchev–Trinajstić information content (AvgIpc) is 2.46. The minimum atomic E-state index is -0.762. The van der Waals surface area contributed by atoms with E-state index in [9.17, 15) is 14.4 Å². The van der Waals surface area contributed by atoms with Crippen LogP contribution in [0.3, 0.4) is 0 Å². The molecule has 0 unspecified atom stereocenters. The molecule has 0 aliphatic heterocycles. The van der Waals surface area contributed by atoms with Crippen LogP contribution in [0.2, 0.25) is 0 Å². The Morgan fingerprint density at radius 3 is 2.32 bits per heavy atom. The number of carbonyl (C=O) groups excluding carboxylic acids is 3. The van der Waals surface area contributed by atoms with Gasteiger partial charge in [-0.1, -0.05) is 6.07 Å². The zero-order valence-corrected chi connectivity index (χ0v) is 12.5. The van der Waals surface area contributed by atoms with E-state index in [-0.39, 0.29) is 12.5 Å². The number of hydrogen-bond donors (Lipinski definition) is 4. The summed E-state index contributed by atoms with van der Waals surface area (Å²) in [5, 5.41) is 16.2. The number of carbonyl (C=O) groups is 3. The van der Waals surface area contributed by atoms with Gasteiger partial charge < -0.3 is 21.1 Å². The summed E-state index contributed by atoms with van der Waals surface area (Å²) in [6.45, 7) is 1.90. The topological polar surface area (TPSA) is 108 Å². The second kappa shape index (κ2) is 9.51. The van der Waals surface area contributed by atoms with E-state index >= 15 is 0 Å². The zero-order valence-electron chi connectivity index (χ0n) is 12.5. The zero-order chi connectivity index (χ0) is 16.4. The number of unbranched alkanes of at least 4 members (excludes halogenated alkanes) is 2. The molecule has 0 aromatic heterocycles. The maximum absolute atomic E-state index is 11.7. The number of nitrogens with one attached hydrogen (secondary N) is 3. The lowest BCUT2D eigenvalue weighted by molar-refractivity contribution is -0.136. The average molecular weight is 307 g/mol. The molecule has 120 valence electrons. The number of amides is 3. The maximum Gasteiger partial charge on any atom is 0.313 e. The van der Waals surface area contributed by atoms with Gasteiger partial charge >= 0.3 is 11.8 Å². The van der Waals surface area contributed by atoms with Gasteiger partial charge in [0.15, 0.2) is 0 Å². The SMILES string of the molecule is CC(=O)Nc1cccc(NC(=O)C(=O)NCCCCCO)c1. The van der Waals surface area contributed by atoms with Gasteiger partial charge in [-0.3, -0.25) is 14.4 Å². The molecule has 7 heteroatoms. The van der Waals surface area contributed by atoms with Gasteiger partial charge in [-0.15, -0.1) is 0 Å². The molecule has 1 aromatic rings. The minimum absolute atomic E-state index is 0.124. The van der Waals surface area contributed by atoms with Crippen LogP contribution in [0.5, 0.6) is 0 Å². The molecule has 1 aromatic carbocycles. The van der Waals surface area contributed by atoms with E-state index in [2.05, 4.69) is 16.0 Å². The quantitative estimate of drug-likeness (QED) is 0.442. The number of rotatable bonds is 7. The molecule has 0 radical (unpaired) electrons. The number of aliphatic hydroxyl groups is 1. The molecule has 4 N–H and O–H groups in total. The van der Waals surface area contributed by atoms with Gasteiger partial charge in [-0.05, 0) is 37.5 Å². The lowest BCUT2D eigenvalue weighted by Crippen LogP contribution is -2.35. The monoisotopic (exact) mass is 307 g/mol. The van der Waals surface area contributed by atoms with Crippen molar-refractivity contribution in [1.82, 2.24) is 5.32 Å². The van der Waals surface area contributed by atoms with E-state index in [0.29, 0.717) is 30.8 Å². The van der Waals surface area contributed by atoms with Crippen LogP contribution in [0.25, 0.3) is 0 Å². The minimum Gasteiger partial charge on any atom is -0.396 e. The summed E-state index contributed by atoms with van der Waals surface area (Å²) in [4.78, 5) is 34.3. The van der Waals surface area contributed by atoms with Crippen molar-refractivity contribution in [2.24, 2.45) is 0 Å². The highest BCUT2D eigenvalue weighted by atomic mass is 16.3. The molecule has 7 nitrogen and oxygen atoms in total. The Hall–Kier alpha value is -2.41. The Morgan fingerprint density at radius 1 is 1.00 bits per heavy atom. The molecular weight excluding hydrogens is 286 g/mol. The van der Waals surface area contributed by atoms with Gasteiger partial charge in [0.25, 0.3) is 0 Å². The Balaban J connectivity index is 2.43. The molecule has 0 saturated heterocycles. The maximum atomic E-state index is 11.7. The van der Waals surface area contributed by atoms with Crippen molar-refractivity contribution in [2.75, 3.05) is 23.8 Å². The van der Waals surface area contributed by atoms with Crippen molar-refractivity contribution in [3.05, 3.63) is 24.3 Å². The Kier molecular flexibility index (Phi) is 7.63. The summed E-state index contributed by atoms with van der Waals surface area (Å²) < 4.78 is 0. The molecule has 0 aliphatic rings. The number of benzene rings is 1. The van der Waals surface area contributed by atoms with Crippen LogP contribution in [-0.4, -0.2) is 36.0 Å². The van der Waals surface area contributed by atoms with Gasteiger partial charge in [-0.2, -0.15) is 0 Å². The van der Waals surface area contributed by atoms with Crippen LogP contribution in [0, 0.1) is 0 Å². The molecule has 1 rings (SSSR count). The number of anilines is 2. The molecule has 0 bridgehead atoms. The largest absolute Gasteiger partial charge is 0.396 e. The molecule has 0 fully saturated rings. The molecule has 3 amide bonds. The second-order valence-electron chi connectivity index (χ2n) is 4.76. The van der Waals surface area contributed by atoms with Gasteiger partial charge in [0.2, 0.25) is 5.91 Å². The highest BCUT2D eigenvalue weighted by Crippen LogP contribution is 2.14. The molecule has 22 heavy (non-hydrogen) atoms. The summed E-state index contributed by atoms with van der Waals surface area (Å²) >= 11 is 0. The van der Waals surface area contributed by atoms with Gasteiger partial charge in [-0.25, -0.2) is 0 Å². The predicted octanol–water partition coefficient (Wildman–Crippen LogP) is 0.862. The lowest BCUT2D eigenvalue weighted by atomic mass is 10.2. The fourth-order valence-electron chi connectivity index (χ4n) is 1.76. The summed E-state index contributed by atoms with van der Waals surface area (Å²) in [5.74, 6) is -1.69. The molecule has 0 heterocycles. The second-order valence-corrected chi connectivity index (χ2v) is 4.76. The van der Waals surface area contributed by atoms with Crippen LogP contribution >= 0.6 is 0 Å². The molecule has 0 aliphatic carbocycles. The van der Waals surface area contributed by atoms with Crippen molar-refractivity contribution in [3.8, 4) is 0 Å². The molecule has 0 saturated carbocycles. The van der Waals surface area contributed by atoms with Crippen LogP contribution in [0.4, 0.5) is 11.4 Å². The first-order valence-electron chi connectivity index (χ1n) is 7.10. The van der Waals surface area contributed by atoms with Crippen LogP contribution in [-0.2, 0) is 14.4 Å². The fourth-order valence-corrected chi connectivity index (χ4v) is 1.76. The number of aliphatic hydroxyl groups excluding tert-OH is 1. The predicted molar refractivity (Wildman–Crippen MR) is 83.3 cm³/mol. The van der Waals surface area contributed by atoms with Gasteiger partial charge in [0.1, 0.15) is 0 Å². The normalized spacial score (nSPS) is 9.91. The van der Waals surface area contributed by atoms with E-state index in [4.69, 9.17) is 5.11 Å². The third-order valence-electron chi connectivity index (χ3n) is 2.77. The van der Waals surface area contributed by atoms with E-state index < -0.39 is 11.8 Å². The van der Waals surface area contributed by atoms with Crippen LogP contribution in [0.15, 0.2) is 24.3 Å². The van der Waals surface area contributed by atoms with Crippen molar-refractivity contribution < 1.29 is 19.5 Å².